The first-order valence-corrected chi connectivity index (χ1v) is 14.5. The molecule has 1 aliphatic heterocycles. The largest absolute Gasteiger partial charge is 0.469 e. The predicted octanol–water partition coefficient (Wildman–Crippen LogP) is 6.38. The molecule has 1 aliphatic carbocycles. The van der Waals surface area contributed by atoms with Crippen LogP contribution >= 0.6 is 0 Å². The van der Waals surface area contributed by atoms with Crippen LogP contribution < -0.4 is 10.1 Å². The fourth-order valence-electron chi connectivity index (χ4n) is 5.82. The Labute approximate surface area is 247 Å². The van der Waals surface area contributed by atoms with Crippen LogP contribution in [-0.4, -0.2) is 41.4 Å². The molecule has 1 atom stereocenters. The van der Waals surface area contributed by atoms with Gasteiger partial charge in [-0.3, -0.25) is 9.59 Å². The molecule has 3 aromatic rings. The monoisotopic (exact) mass is 570 g/mol. The van der Waals surface area contributed by atoms with E-state index in [2.05, 4.69) is 17.4 Å². The molecule has 0 spiro atoms. The van der Waals surface area contributed by atoms with Crippen molar-refractivity contribution in [1.82, 2.24) is 10.2 Å². The molecule has 0 saturated carbocycles. The Bertz CT molecular complexity index is 1430. The third-order valence-corrected chi connectivity index (χ3v) is 8.02. The summed E-state index contributed by atoms with van der Waals surface area (Å²) >= 11 is 0. The summed E-state index contributed by atoms with van der Waals surface area (Å²) in [6.07, 6.45) is 0.0999. The Morgan fingerprint density at radius 3 is 2.00 bits per heavy atom. The minimum absolute atomic E-state index is 0.0761. The maximum atomic E-state index is 13.3. The van der Waals surface area contributed by atoms with Gasteiger partial charge in [0.25, 0.3) is 0 Å². The van der Waals surface area contributed by atoms with Gasteiger partial charge in [0.15, 0.2) is 6.23 Å². The maximum Gasteiger partial charge on any atom is 0.328 e. The first-order chi connectivity index (χ1) is 20.1. The van der Waals surface area contributed by atoms with E-state index in [9.17, 15) is 14.4 Å². The quantitative estimate of drug-likeness (QED) is 0.182. The van der Waals surface area contributed by atoms with Crippen LogP contribution in [0, 0.1) is 5.41 Å². The SMILES string of the molecule is CCC1(CC)C(=O)N(C(=O)NCOC2c3ccccc3-c3ccccc32)C1Oc1ccc(CC(=O)OC(C)(C)C)cc1. The molecule has 8 nitrogen and oxygen atoms in total. The molecule has 42 heavy (non-hydrogen) atoms. The molecule has 0 radical (unpaired) electrons. The van der Waals surface area contributed by atoms with Crippen molar-refractivity contribution in [2.24, 2.45) is 5.41 Å². The Morgan fingerprint density at radius 2 is 1.45 bits per heavy atom. The second-order valence-corrected chi connectivity index (χ2v) is 11.8. The molecule has 1 heterocycles. The zero-order valence-electron chi connectivity index (χ0n) is 24.8. The van der Waals surface area contributed by atoms with Crippen LogP contribution in [0.1, 0.15) is 70.3 Å². The van der Waals surface area contributed by atoms with Gasteiger partial charge in [-0.15, -0.1) is 0 Å². The first-order valence-electron chi connectivity index (χ1n) is 14.5. The number of likely N-dealkylation sites (tertiary alicyclic amines) is 1. The second kappa shape index (κ2) is 11.6. The number of β-lactam (4-membered cyclic amide) rings is 1. The summed E-state index contributed by atoms with van der Waals surface area (Å²) in [6.45, 7) is 9.26. The van der Waals surface area contributed by atoms with Crippen molar-refractivity contribution in [3.63, 3.8) is 0 Å². The number of esters is 1. The standard InChI is InChI=1S/C34H38N2O6/c1-6-34(7-2)30(38)36(31(34)41-23-18-16-22(17-19-23)20-28(37)42-33(3,4)5)32(39)35-21-40-29-26-14-10-8-12-24(26)25-13-9-11-15-27(25)29/h8-19,29,31H,6-7,20-21H2,1-5H3,(H,35,39). The van der Waals surface area contributed by atoms with E-state index in [1.807, 2.05) is 71.0 Å². The van der Waals surface area contributed by atoms with Crippen LogP contribution in [0.5, 0.6) is 5.75 Å². The number of hydrogen-bond donors (Lipinski definition) is 1. The van der Waals surface area contributed by atoms with Gasteiger partial charge in [-0.1, -0.05) is 74.5 Å². The average Bonchev–Trinajstić information content (AvgIpc) is 3.27. The summed E-state index contributed by atoms with van der Waals surface area (Å²) in [4.78, 5) is 40.0. The molecule has 1 fully saturated rings. The topological polar surface area (TPSA) is 94.2 Å². The van der Waals surface area contributed by atoms with E-state index in [0.29, 0.717) is 18.6 Å². The van der Waals surface area contributed by atoms with E-state index < -0.39 is 23.3 Å². The zero-order valence-corrected chi connectivity index (χ0v) is 24.8. The minimum Gasteiger partial charge on any atom is -0.469 e. The van der Waals surface area contributed by atoms with Gasteiger partial charge in [0, 0.05) is 0 Å². The summed E-state index contributed by atoms with van der Waals surface area (Å²) in [6, 6.07) is 22.6. The van der Waals surface area contributed by atoms with Crippen LogP contribution in [0.25, 0.3) is 11.1 Å². The van der Waals surface area contributed by atoms with E-state index in [1.165, 1.54) is 0 Å². The van der Waals surface area contributed by atoms with Gasteiger partial charge in [-0.25, -0.2) is 9.69 Å². The molecule has 0 bridgehead atoms. The third kappa shape index (κ3) is 5.51. The molecule has 220 valence electrons. The van der Waals surface area contributed by atoms with Crippen molar-refractivity contribution in [3.8, 4) is 16.9 Å². The van der Waals surface area contributed by atoms with Crippen LogP contribution in [0.4, 0.5) is 4.79 Å². The van der Waals surface area contributed by atoms with Gasteiger partial charge in [0.1, 0.15) is 29.6 Å². The number of benzene rings is 3. The van der Waals surface area contributed by atoms with Crippen molar-refractivity contribution in [2.75, 3.05) is 6.73 Å². The van der Waals surface area contributed by atoms with Crippen LogP contribution in [0.2, 0.25) is 0 Å². The molecular formula is C34H38N2O6. The van der Waals surface area contributed by atoms with E-state index in [1.54, 1.807) is 24.3 Å². The highest BCUT2D eigenvalue weighted by atomic mass is 16.6. The number of nitrogens with zero attached hydrogens (tertiary/aromatic N) is 1. The summed E-state index contributed by atoms with van der Waals surface area (Å²) in [5, 5.41) is 2.77. The number of ether oxygens (including phenoxy) is 3. The predicted molar refractivity (Wildman–Crippen MR) is 158 cm³/mol. The number of amides is 3. The fraction of sp³-hybridized carbons (Fsp3) is 0.382. The number of imide groups is 1. The highest BCUT2D eigenvalue weighted by Crippen LogP contribution is 2.47. The lowest BCUT2D eigenvalue weighted by Gasteiger charge is -2.53. The summed E-state index contributed by atoms with van der Waals surface area (Å²) in [5.74, 6) is -0.0839. The molecule has 0 aromatic heterocycles. The van der Waals surface area contributed by atoms with Crippen molar-refractivity contribution in [3.05, 3.63) is 89.5 Å². The Balaban J connectivity index is 1.24. The lowest BCUT2D eigenvalue weighted by atomic mass is 9.72. The second-order valence-electron chi connectivity index (χ2n) is 11.8. The van der Waals surface area contributed by atoms with Crippen LogP contribution in [0.15, 0.2) is 72.8 Å². The average molecular weight is 571 g/mol. The molecule has 8 heteroatoms. The summed E-state index contributed by atoms with van der Waals surface area (Å²) in [5.41, 5.74) is 3.73. The number of urea groups is 1. The highest BCUT2D eigenvalue weighted by Gasteiger charge is 2.62. The first kappa shape index (κ1) is 29.3. The van der Waals surface area contributed by atoms with Gasteiger partial charge >= 0.3 is 12.0 Å². The van der Waals surface area contributed by atoms with E-state index in [0.717, 1.165) is 32.7 Å². The zero-order chi connectivity index (χ0) is 30.1. The number of carbonyl (C=O) groups excluding carboxylic acids is 3. The molecule has 1 N–H and O–H groups in total. The smallest absolute Gasteiger partial charge is 0.328 e. The van der Waals surface area contributed by atoms with Crippen LogP contribution in [-0.2, 0) is 25.5 Å². The van der Waals surface area contributed by atoms with Crippen molar-refractivity contribution in [2.45, 2.75) is 71.8 Å². The van der Waals surface area contributed by atoms with Gasteiger partial charge < -0.3 is 19.5 Å². The fourth-order valence-corrected chi connectivity index (χ4v) is 5.82. The molecule has 3 aromatic carbocycles. The lowest BCUT2D eigenvalue weighted by Crippen LogP contribution is -2.73. The number of fused-ring (bicyclic) bond motifs is 3. The minimum atomic E-state index is -0.809. The van der Waals surface area contributed by atoms with Gasteiger partial charge in [-0.2, -0.15) is 0 Å². The van der Waals surface area contributed by atoms with Crippen LogP contribution in [0.3, 0.4) is 0 Å². The molecule has 1 saturated heterocycles. The molecular weight excluding hydrogens is 532 g/mol. The van der Waals surface area contributed by atoms with Crippen molar-refractivity contribution >= 4 is 17.9 Å². The van der Waals surface area contributed by atoms with E-state index in [-0.39, 0.29) is 31.1 Å². The number of rotatable bonds is 9. The molecule has 2 aliphatic rings. The molecule has 5 rings (SSSR count). The van der Waals surface area contributed by atoms with Crippen molar-refractivity contribution < 1.29 is 28.6 Å². The highest BCUT2D eigenvalue weighted by molar-refractivity contribution is 6.03. The van der Waals surface area contributed by atoms with Crippen molar-refractivity contribution in [1.29, 1.82) is 0 Å². The number of nitrogens with one attached hydrogen (secondary N) is 1. The number of carbonyl (C=O) groups is 3. The lowest BCUT2D eigenvalue weighted by molar-refractivity contribution is -0.191. The Morgan fingerprint density at radius 1 is 0.881 bits per heavy atom. The summed E-state index contributed by atoms with van der Waals surface area (Å²) in [7, 11) is 0. The van der Waals surface area contributed by atoms with Gasteiger partial charge in [-0.05, 0) is 73.6 Å². The third-order valence-electron chi connectivity index (χ3n) is 8.02. The maximum absolute atomic E-state index is 13.3. The number of hydrogen-bond acceptors (Lipinski definition) is 6. The molecule has 3 amide bonds. The summed E-state index contributed by atoms with van der Waals surface area (Å²) < 4.78 is 17.8. The normalized spacial score (nSPS) is 17.2. The Hall–Kier alpha value is -4.17. The van der Waals surface area contributed by atoms with Gasteiger partial charge in [0.2, 0.25) is 5.91 Å². The van der Waals surface area contributed by atoms with E-state index >= 15 is 0 Å². The van der Waals surface area contributed by atoms with E-state index in [4.69, 9.17) is 14.2 Å². The van der Waals surface area contributed by atoms with Gasteiger partial charge in [0.05, 0.1) is 6.42 Å². The Kier molecular flexibility index (Phi) is 8.10. The molecule has 1 unspecified atom stereocenters.